The molecule has 0 radical (unpaired) electrons. The molecule has 2 fully saturated rings. The number of benzene rings is 2. The minimum Gasteiger partial charge on any atom is -0.481 e. The second-order valence-corrected chi connectivity index (χ2v) is 13.1. The summed E-state index contributed by atoms with van der Waals surface area (Å²) in [6, 6.07) is 17.3. The number of hydrogen-bond acceptors (Lipinski definition) is 6. The molecule has 6 rings (SSSR count). The van der Waals surface area contributed by atoms with Crippen LogP contribution >= 0.6 is 11.3 Å². The fourth-order valence-corrected chi connectivity index (χ4v) is 7.60. The number of hydrogen-bond donors (Lipinski definition) is 1. The van der Waals surface area contributed by atoms with Crippen molar-refractivity contribution in [2.75, 3.05) is 6.54 Å². The van der Waals surface area contributed by atoms with Crippen LogP contribution in [0.3, 0.4) is 0 Å². The van der Waals surface area contributed by atoms with Crippen LogP contribution in [0.4, 0.5) is 0 Å². The van der Waals surface area contributed by atoms with Crippen molar-refractivity contribution in [3.05, 3.63) is 72.3 Å². The van der Waals surface area contributed by atoms with Gasteiger partial charge in [0.2, 0.25) is 5.91 Å². The summed E-state index contributed by atoms with van der Waals surface area (Å²) in [5.74, 6) is -1.45. The molecule has 8 heteroatoms. The quantitative estimate of drug-likeness (QED) is 0.333. The predicted octanol–water partition coefficient (Wildman–Crippen LogP) is 6.46. The molecule has 1 amide bonds. The number of Topliss-reactive ketones (excluding diaryl/α,β-unsaturated/α-hetero) is 1. The van der Waals surface area contributed by atoms with Crippen molar-refractivity contribution < 1.29 is 24.2 Å². The molecular weight excluding hydrogens is 548 g/mol. The zero-order valence-corrected chi connectivity index (χ0v) is 24.6. The van der Waals surface area contributed by atoms with Crippen LogP contribution in [0, 0.1) is 17.3 Å². The molecule has 0 unspecified atom stereocenters. The lowest BCUT2D eigenvalue weighted by atomic mass is 9.90. The smallest absolute Gasteiger partial charge is 0.310 e. The minimum atomic E-state index is -1.07. The molecular formula is C34H38N2O5S. The van der Waals surface area contributed by atoms with Gasteiger partial charge >= 0.3 is 5.97 Å². The van der Waals surface area contributed by atoms with Crippen molar-refractivity contribution in [2.24, 2.45) is 17.3 Å². The van der Waals surface area contributed by atoms with Crippen molar-refractivity contribution in [1.29, 1.82) is 0 Å². The Kier molecular flexibility index (Phi) is 8.43. The van der Waals surface area contributed by atoms with Gasteiger partial charge in [0.05, 0.1) is 28.2 Å². The lowest BCUT2D eigenvalue weighted by molar-refractivity contribution is -0.147. The molecule has 0 spiro atoms. The van der Waals surface area contributed by atoms with Crippen LogP contribution in [-0.2, 0) is 20.8 Å². The summed E-state index contributed by atoms with van der Waals surface area (Å²) in [5, 5.41) is 10.7. The maximum Gasteiger partial charge on any atom is 0.310 e. The van der Waals surface area contributed by atoms with Gasteiger partial charge in [-0.2, -0.15) is 0 Å². The lowest BCUT2D eigenvalue weighted by Crippen LogP contribution is -2.45. The second kappa shape index (κ2) is 12.4. The lowest BCUT2D eigenvalue weighted by Gasteiger charge is -2.29. The minimum absolute atomic E-state index is 0.00981. The summed E-state index contributed by atoms with van der Waals surface area (Å²) in [6.07, 6.45) is 10.6. The molecule has 2 aliphatic heterocycles. The molecule has 1 aliphatic carbocycles. The highest BCUT2D eigenvalue weighted by atomic mass is 32.1. The molecule has 5 atom stereocenters. The van der Waals surface area contributed by atoms with Gasteiger partial charge in [0.1, 0.15) is 6.10 Å². The third-order valence-corrected chi connectivity index (χ3v) is 10.2. The third kappa shape index (κ3) is 6.14. The van der Waals surface area contributed by atoms with Gasteiger partial charge in [-0.1, -0.05) is 78.8 Å². The summed E-state index contributed by atoms with van der Waals surface area (Å²) < 4.78 is 7.33. The van der Waals surface area contributed by atoms with E-state index < -0.39 is 17.4 Å². The number of fused-ring (bicyclic) bond motifs is 3. The number of allylic oxidation sites excluding steroid dienone is 2. The number of aliphatic carboxylic acids is 1. The van der Waals surface area contributed by atoms with Gasteiger partial charge in [0.15, 0.2) is 5.78 Å². The number of aryl methyl sites for hydroxylation is 1. The fraction of sp³-hybridized carbons (Fsp3) is 0.471. The average Bonchev–Trinajstić information content (AvgIpc) is 3.31. The Bertz CT molecular complexity index is 1440. The molecule has 0 bridgehead atoms. The monoisotopic (exact) mass is 586 g/mol. The largest absolute Gasteiger partial charge is 0.481 e. The number of amides is 1. The normalized spacial score (nSPS) is 29.3. The summed E-state index contributed by atoms with van der Waals surface area (Å²) in [5.41, 5.74) is 0.983. The number of carboxylic acids is 1. The maximum absolute atomic E-state index is 14.3. The molecule has 7 nitrogen and oxygen atoms in total. The number of carbonyl (C=O) groups is 3. The number of carboxylic acid groups (broad SMARTS) is 1. The van der Waals surface area contributed by atoms with Crippen LogP contribution in [-0.4, -0.2) is 51.3 Å². The van der Waals surface area contributed by atoms with Gasteiger partial charge in [0, 0.05) is 18.8 Å². The van der Waals surface area contributed by atoms with E-state index >= 15 is 0 Å². The second-order valence-electron chi connectivity index (χ2n) is 12.1. The van der Waals surface area contributed by atoms with Crippen molar-refractivity contribution in [2.45, 2.75) is 76.4 Å². The number of ether oxygens (including phenoxy) is 1. The zero-order valence-electron chi connectivity index (χ0n) is 23.8. The topological polar surface area (TPSA) is 96.8 Å². The van der Waals surface area contributed by atoms with E-state index in [-0.39, 0.29) is 36.1 Å². The number of thiazole rings is 1. The molecule has 1 N–H and O–H groups in total. The van der Waals surface area contributed by atoms with Gasteiger partial charge in [-0.15, -0.1) is 0 Å². The van der Waals surface area contributed by atoms with Gasteiger partial charge in [-0.25, -0.2) is 4.98 Å². The molecule has 42 heavy (non-hydrogen) atoms. The van der Waals surface area contributed by atoms with Crippen LogP contribution < -0.4 is 4.74 Å². The highest BCUT2D eigenvalue weighted by Gasteiger charge is 2.61. The Hall–Kier alpha value is -3.52. The number of rotatable bonds is 6. The van der Waals surface area contributed by atoms with E-state index in [0.717, 1.165) is 48.7 Å². The van der Waals surface area contributed by atoms with Gasteiger partial charge in [-0.05, 0) is 62.1 Å². The first-order chi connectivity index (χ1) is 20.4. The van der Waals surface area contributed by atoms with E-state index in [2.05, 4.69) is 23.2 Å². The highest BCUT2D eigenvalue weighted by molar-refractivity contribution is 7.20. The first-order valence-electron chi connectivity index (χ1n) is 15.2. The van der Waals surface area contributed by atoms with Crippen LogP contribution in [0.15, 0.2) is 66.7 Å². The molecule has 1 saturated carbocycles. The summed E-state index contributed by atoms with van der Waals surface area (Å²) >= 11 is 1.46. The van der Waals surface area contributed by atoms with Crippen LogP contribution in [0.2, 0.25) is 0 Å². The van der Waals surface area contributed by atoms with Crippen LogP contribution in [0.25, 0.3) is 10.2 Å². The number of nitrogens with zero attached hydrogens (tertiary/aromatic N) is 2. The molecule has 2 aromatic carbocycles. The molecule has 3 aromatic rings. The highest BCUT2D eigenvalue weighted by Crippen LogP contribution is 2.57. The van der Waals surface area contributed by atoms with Crippen LogP contribution in [0.1, 0.15) is 63.4 Å². The number of carbonyl (C=O) groups excluding carboxylic acids is 2. The van der Waals surface area contributed by atoms with E-state index in [0.29, 0.717) is 31.0 Å². The first-order valence-corrected chi connectivity index (χ1v) is 16.0. The van der Waals surface area contributed by atoms with Crippen LogP contribution in [0.5, 0.6) is 5.19 Å². The zero-order chi connectivity index (χ0) is 29.1. The standard InChI is InChI=1S/C34H38N2O5S/c37-29-21-34(32(39)40)20-25(34)14-8-3-1-2-7-13-24(18-17-23-11-5-4-6-12-23)31(38)36-22-26(19-28(29)36)41-33-35-27-15-9-10-16-30(27)42-33/h4-6,8-12,14-16,24-26,28H,1-3,7,13,17-22H2,(H,39,40)/b14-8-/t24-,25-,26-,28+,34-/m1/s1. The molecule has 1 aromatic heterocycles. The van der Waals surface area contributed by atoms with Crippen molar-refractivity contribution in [1.82, 2.24) is 9.88 Å². The maximum atomic E-state index is 14.3. The van der Waals surface area contributed by atoms with E-state index in [1.54, 1.807) is 4.90 Å². The van der Waals surface area contributed by atoms with Gasteiger partial charge < -0.3 is 14.7 Å². The Labute approximate surface area is 250 Å². The Morgan fingerprint density at radius 3 is 2.69 bits per heavy atom. The summed E-state index contributed by atoms with van der Waals surface area (Å²) in [7, 11) is 0. The Morgan fingerprint density at radius 2 is 1.88 bits per heavy atom. The number of aromatic nitrogens is 1. The predicted molar refractivity (Wildman–Crippen MR) is 162 cm³/mol. The molecule has 1 saturated heterocycles. The number of para-hydroxylation sites is 1. The van der Waals surface area contributed by atoms with E-state index in [9.17, 15) is 19.5 Å². The van der Waals surface area contributed by atoms with E-state index in [1.165, 1.54) is 16.9 Å². The average molecular weight is 587 g/mol. The van der Waals surface area contributed by atoms with Gasteiger partial charge in [0.25, 0.3) is 5.19 Å². The fourth-order valence-electron chi connectivity index (χ4n) is 6.72. The summed E-state index contributed by atoms with van der Waals surface area (Å²) in [6.45, 7) is 0.302. The third-order valence-electron chi connectivity index (χ3n) is 9.27. The first kappa shape index (κ1) is 28.6. The van der Waals surface area contributed by atoms with Crippen molar-refractivity contribution >= 4 is 39.2 Å². The summed E-state index contributed by atoms with van der Waals surface area (Å²) in [4.78, 5) is 46.9. The number of ketones is 1. The molecule has 220 valence electrons. The van der Waals surface area contributed by atoms with Crippen molar-refractivity contribution in [3.63, 3.8) is 0 Å². The van der Waals surface area contributed by atoms with Gasteiger partial charge in [-0.3, -0.25) is 14.4 Å². The SMILES string of the molecule is O=C1C[C@]2(C(=O)O)C[C@H]2/C=C\CCCCC[C@H](CCc2ccccc2)C(=O)N2C[C@H](Oc3nc4ccccc4s3)C[C@@H]12. The molecule has 3 heterocycles. The molecule has 3 aliphatic rings. The Morgan fingerprint density at radius 1 is 1.07 bits per heavy atom. The van der Waals surface area contributed by atoms with Crippen molar-refractivity contribution in [3.8, 4) is 5.19 Å². The Balaban J connectivity index is 1.26. The van der Waals surface area contributed by atoms with E-state index in [4.69, 9.17) is 4.74 Å². The van der Waals surface area contributed by atoms with E-state index in [1.807, 2.05) is 48.5 Å².